The molecule has 0 spiro atoms. The lowest BCUT2D eigenvalue weighted by Crippen LogP contribution is -2.33. The molecular formula is C28H26ClFN6O3. The predicted octanol–water partition coefficient (Wildman–Crippen LogP) is 5.37. The van der Waals surface area contributed by atoms with E-state index in [9.17, 15) is 14.0 Å². The molecule has 0 radical (unpaired) electrons. The van der Waals surface area contributed by atoms with Gasteiger partial charge < -0.3 is 14.6 Å². The second kappa shape index (κ2) is 10.7. The summed E-state index contributed by atoms with van der Waals surface area (Å²) >= 11 is 6.29. The molecule has 200 valence electrons. The Bertz CT molecular complexity index is 1740. The number of hydrogen-bond donors (Lipinski definition) is 1. The minimum Gasteiger partial charge on any atom is -0.495 e. The van der Waals surface area contributed by atoms with E-state index >= 15 is 0 Å². The van der Waals surface area contributed by atoms with Gasteiger partial charge >= 0.3 is 0 Å². The zero-order chi connectivity index (χ0) is 27.7. The number of fused-ring (bicyclic) bond motifs is 1. The molecule has 3 heterocycles. The van der Waals surface area contributed by atoms with Gasteiger partial charge in [-0.15, -0.1) is 0 Å². The normalized spacial score (nSPS) is 12.0. The lowest BCUT2D eigenvalue weighted by molar-refractivity contribution is -0.119. The fourth-order valence-corrected chi connectivity index (χ4v) is 4.82. The van der Waals surface area contributed by atoms with E-state index in [1.165, 1.54) is 41.0 Å². The zero-order valence-corrected chi connectivity index (χ0v) is 22.3. The Balaban J connectivity index is 1.54. The molecule has 0 aliphatic rings. The first-order chi connectivity index (χ1) is 18.8. The van der Waals surface area contributed by atoms with Gasteiger partial charge in [-0.2, -0.15) is 9.49 Å². The molecule has 1 amide bonds. The van der Waals surface area contributed by atoms with Crippen molar-refractivity contribution in [3.05, 3.63) is 88.7 Å². The number of nitrogens with zero attached hydrogens (tertiary/aromatic N) is 5. The number of methoxy groups -OCH3 is 1. The van der Waals surface area contributed by atoms with Gasteiger partial charge in [0, 0.05) is 46.5 Å². The van der Waals surface area contributed by atoms with Crippen LogP contribution in [0.2, 0.25) is 5.02 Å². The number of hydrogen-bond acceptors (Lipinski definition) is 5. The molecule has 0 saturated carbocycles. The third-order valence-electron chi connectivity index (χ3n) is 6.43. The van der Waals surface area contributed by atoms with Crippen molar-refractivity contribution >= 4 is 34.1 Å². The smallest absolute Gasteiger partial charge is 0.252 e. The average Bonchev–Trinajstić information content (AvgIpc) is 3.51. The highest BCUT2D eigenvalue weighted by molar-refractivity contribution is 6.31. The highest BCUT2D eigenvalue weighted by Crippen LogP contribution is 2.36. The summed E-state index contributed by atoms with van der Waals surface area (Å²) in [7, 11) is 3.31. The standard InChI is InChI=1S/C28H26ClFN6O3/c1-4-5-24(28(38)32-19-7-8-22-17(10-19)13-34(2)33-22)36-14-25(39-3)21(12-27(36)37)20-11-18(29)6-9-23(20)35-15-26(30)31-16-35/h6-16,24H,4-5H2,1-3H3,(H,32,38). The Morgan fingerprint density at radius 2 is 1.95 bits per heavy atom. The Morgan fingerprint density at radius 3 is 2.67 bits per heavy atom. The molecule has 0 bridgehead atoms. The quantitative estimate of drug-likeness (QED) is 0.281. The molecule has 1 atom stereocenters. The van der Waals surface area contributed by atoms with Crippen molar-refractivity contribution in [2.24, 2.45) is 7.05 Å². The van der Waals surface area contributed by atoms with Gasteiger partial charge in [-0.05, 0) is 42.8 Å². The van der Waals surface area contributed by atoms with Crippen molar-refractivity contribution < 1.29 is 13.9 Å². The number of aryl methyl sites for hydroxylation is 1. The second-order valence-corrected chi connectivity index (χ2v) is 9.57. The first kappa shape index (κ1) is 26.2. The summed E-state index contributed by atoms with van der Waals surface area (Å²) in [6, 6.07) is 11.1. The summed E-state index contributed by atoms with van der Waals surface area (Å²) in [6.07, 6.45) is 7.05. The summed E-state index contributed by atoms with van der Waals surface area (Å²) in [4.78, 5) is 30.6. The fourth-order valence-electron chi connectivity index (χ4n) is 4.65. The minimum absolute atomic E-state index is 0.325. The number of pyridine rings is 1. The highest BCUT2D eigenvalue weighted by Gasteiger charge is 2.24. The maximum atomic E-state index is 13.7. The molecule has 1 unspecified atom stereocenters. The molecular weight excluding hydrogens is 523 g/mol. The van der Waals surface area contributed by atoms with Gasteiger partial charge in [0.2, 0.25) is 11.9 Å². The summed E-state index contributed by atoms with van der Waals surface area (Å²) in [6.45, 7) is 1.95. The number of anilines is 1. The SMILES string of the molecule is CCCC(C(=O)Nc1ccc2nn(C)cc2c1)n1cc(OC)c(-c2cc(Cl)ccc2-n2cnc(F)c2)cc1=O. The first-order valence-electron chi connectivity index (χ1n) is 12.3. The number of aromatic nitrogens is 5. The molecule has 0 aliphatic carbocycles. The van der Waals surface area contributed by atoms with Crippen LogP contribution in [-0.4, -0.2) is 36.9 Å². The minimum atomic E-state index is -0.781. The summed E-state index contributed by atoms with van der Waals surface area (Å²) in [5.74, 6) is -0.618. The number of benzene rings is 2. The summed E-state index contributed by atoms with van der Waals surface area (Å²) < 4.78 is 23.9. The molecule has 3 aromatic heterocycles. The first-order valence-corrected chi connectivity index (χ1v) is 12.7. The number of halogens is 2. The van der Waals surface area contributed by atoms with E-state index < -0.39 is 17.5 Å². The van der Waals surface area contributed by atoms with Gasteiger partial charge in [0.1, 0.15) is 18.1 Å². The Kier molecular flexibility index (Phi) is 7.21. The number of carbonyl (C=O) groups excluding carboxylic acids is 1. The average molecular weight is 549 g/mol. The number of ether oxygens (including phenoxy) is 1. The molecule has 0 aliphatic heterocycles. The van der Waals surface area contributed by atoms with Gasteiger partial charge in [0.15, 0.2) is 0 Å². The maximum Gasteiger partial charge on any atom is 0.252 e. The fraction of sp³-hybridized carbons (Fsp3) is 0.214. The molecule has 39 heavy (non-hydrogen) atoms. The van der Waals surface area contributed by atoms with Crippen LogP contribution in [0.5, 0.6) is 5.75 Å². The Morgan fingerprint density at radius 1 is 1.13 bits per heavy atom. The molecule has 2 aromatic carbocycles. The Hall–Kier alpha value is -4.44. The van der Waals surface area contributed by atoms with Crippen molar-refractivity contribution in [2.45, 2.75) is 25.8 Å². The number of imidazole rings is 1. The van der Waals surface area contributed by atoms with Crippen LogP contribution >= 0.6 is 11.6 Å². The van der Waals surface area contributed by atoms with Gasteiger partial charge in [-0.3, -0.25) is 18.8 Å². The molecule has 0 saturated heterocycles. The third kappa shape index (κ3) is 5.28. The second-order valence-electron chi connectivity index (χ2n) is 9.14. The van der Waals surface area contributed by atoms with E-state index in [2.05, 4.69) is 15.4 Å². The summed E-state index contributed by atoms with van der Waals surface area (Å²) in [5, 5.41) is 8.61. The predicted molar refractivity (Wildman–Crippen MR) is 148 cm³/mol. The van der Waals surface area contributed by atoms with Crippen molar-refractivity contribution in [3.8, 4) is 22.6 Å². The molecule has 5 aromatic rings. The lowest BCUT2D eigenvalue weighted by atomic mass is 10.0. The van der Waals surface area contributed by atoms with Crippen molar-refractivity contribution in [2.75, 3.05) is 12.4 Å². The van der Waals surface area contributed by atoms with Gasteiger partial charge in [-0.25, -0.2) is 4.98 Å². The lowest BCUT2D eigenvalue weighted by Gasteiger charge is -2.21. The van der Waals surface area contributed by atoms with Crippen LogP contribution in [-0.2, 0) is 11.8 Å². The van der Waals surface area contributed by atoms with E-state index in [1.54, 1.807) is 28.9 Å². The third-order valence-corrected chi connectivity index (χ3v) is 6.66. The highest BCUT2D eigenvalue weighted by atomic mass is 35.5. The van der Waals surface area contributed by atoms with Crippen molar-refractivity contribution in [3.63, 3.8) is 0 Å². The summed E-state index contributed by atoms with van der Waals surface area (Å²) in [5.41, 5.74) is 2.57. The number of rotatable bonds is 8. The Labute approximate surface area is 228 Å². The molecule has 1 N–H and O–H groups in total. The van der Waals surface area contributed by atoms with Crippen LogP contribution < -0.4 is 15.6 Å². The van der Waals surface area contributed by atoms with Gasteiger partial charge in [0.05, 0.1) is 30.7 Å². The van der Waals surface area contributed by atoms with E-state index in [-0.39, 0.29) is 5.91 Å². The maximum absolute atomic E-state index is 13.7. The van der Waals surface area contributed by atoms with E-state index in [0.29, 0.717) is 46.1 Å². The monoisotopic (exact) mass is 548 g/mol. The van der Waals surface area contributed by atoms with Crippen LogP contribution in [0, 0.1) is 5.95 Å². The van der Waals surface area contributed by atoms with Crippen LogP contribution in [0.15, 0.2) is 72.2 Å². The van der Waals surface area contributed by atoms with Crippen LogP contribution in [0.4, 0.5) is 10.1 Å². The van der Waals surface area contributed by atoms with E-state index in [0.717, 1.165) is 10.9 Å². The number of amides is 1. The van der Waals surface area contributed by atoms with Gasteiger partial charge in [0.25, 0.3) is 5.56 Å². The van der Waals surface area contributed by atoms with E-state index in [1.807, 2.05) is 32.3 Å². The largest absolute Gasteiger partial charge is 0.495 e. The zero-order valence-electron chi connectivity index (χ0n) is 21.6. The van der Waals surface area contributed by atoms with Crippen molar-refractivity contribution in [1.82, 2.24) is 23.9 Å². The molecule has 9 nitrogen and oxygen atoms in total. The number of nitrogens with one attached hydrogen (secondary N) is 1. The van der Waals surface area contributed by atoms with Crippen LogP contribution in [0.25, 0.3) is 27.7 Å². The molecule has 11 heteroatoms. The topological polar surface area (TPSA) is 96.0 Å². The van der Waals surface area contributed by atoms with Crippen molar-refractivity contribution in [1.29, 1.82) is 0 Å². The molecule has 5 rings (SSSR count). The number of carbonyl (C=O) groups is 1. The van der Waals surface area contributed by atoms with Crippen LogP contribution in [0.1, 0.15) is 25.8 Å². The molecule has 0 fully saturated rings. The van der Waals surface area contributed by atoms with Gasteiger partial charge in [-0.1, -0.05) is 24.9 Å². The van der Waals surface area contributed by atoms with Crippen LogP contribution in [0.3, 0.4) is 0 Å². The van der Waals surface area contributed by atoms with E-state index in [4.69, 9.17) is 16.3 Å².